The van der Waals surface area contributed by atoms with Gasteiger partial charge in [0.15, 0.2) is 0 Å². The number of aryl methyl sites for hydroxylation is 1. The number of sulfonamides is 1. The van der Waals surface area contributed by atoms with Crippen LogP contribution in [0.15, 0.2) is 53.4 Å². The minimum atomic E-state index is -3.61. The summed E-state index contributed by atoms with van der Waals surface area (Å²) in [6, 6.07) is 14.4. The molecule has 0 atom stereocenters. The number of carbonyl (C=O) groups excluding carboxylic acids is 1. The lowest BCUT2D eigenvalue weighted by Gasteiger charge is -2.49. The van der Waals surface area contributed by atoms with E-state index in [1.807, 2.05) is 30.3 Å². The molecule has 6 nitrogen and oxygen atoms in total. The molecule has 27 heavy (non-hydrogen) atoms. The molecule has 144 valence electrons. The van der Waals surface area contributed by atoms with Crippen molar-refractivity contribution in [2.24, 2.45) is 0 Å². The Morgan fingerprint density at radius 3 is 2.44 bits per heavy atom. The smallest absolute Gasteiger partial charge is 0.254 e. The van der Waals surface area contributed by atoms with Crippen molar-refractivity contribution in [3.63, 3.8) is 0 Å². The lowest BCUT2D eigenvalue weighted by atomic mass is 9.85. The average molecular weight is 388 g/mol. The van der Waals surface area contributed by atoms with Crippen molar-refractivity contribution in [3.05, 3.63) is 65.2 Å². The number of likely N-dealkylation sites (tertiary alicyclic amines) is 1. The molecule has 0 unspecified atom stereocenters. The van der Waals surface area contributed by atoms with E-state index in [0.717, 1.165) is 11.1 Å². The van der Waals surface area contributed by atoms with E-state index in [4.69, 9.17) is 4.74 Å². The third-order valence-corrected chi connectivity index (χ3v) is 6.50. The molecule has 1 heterocycles. The number of benzene rings is 2. The molecule has 0 aromatic heterocycles. The first-order valence-electron chi connectivity index (χ1n) is 8.83. The molecule has 1 N–H and O–H groups in total. The largest absolute Gasteiger partial charge is 0.370 e. The number of nitrogens with one attached hydrogen (secondary N) is 1. The maximum atomic E-state index is 13.0. The Hall–Kier alpha value is -2.22. The van der Waals surface area contributed by atoms with Crippen molar-refractivity contribution >= 4 is 15.9 Å². The molecule has 3 rings (SSSR count). The lowest BCUT2D eigenvalue weighted by Crippen LogP contribution is -2.62. The molecule has 0 spiro atoms. The summed E-state index contributed by atoms with van der Waals surface area (Å²) in [5, 5.41) is 0. The van der Waals surface area contributed by atoms with Gasteiger partial charge in [-0.1, -0.05) is 43.3 Å². The van der Waals surface area contributed by atoms with Crippen LogP contribution < -0.4 is 4.72 Å². The van der Waals surface area contributed by atoms with Crippen LogP contribution in [0.1, 0.15) is 28.4 Å². The second kappa shape index (κ2) is 7.42. The predicted octanol–water partition coefficient (Wildman–Crippen LogP) is 2.29. The number of methoxy groups -OCH3 is 1. The third-order valence-electron chi connectivity index (χ3n) is 4.95. The fourth-order valence-corrected chi connectivity index (χ4v) is 4.39. The summed E-state index contributed by atoms with van der Waals surface area (Å²) >= 11 is 0. The number of hydrogen-bond donors (Lipinski definition) is 1. The number of hydrogen-bond acceptors (Lipinski definition) is 4. The molecule has 1 aliphatic heterocycles. The first-order valence-corrected chi connectivity index (χ1v) is 10.3. The Labute approximate surface area is 160 Å². The Bertz CT molecular complexity index is 936. The molecular formula is C20H24N2O4S. The van der Waals surface area contributed by atoms with Gasteiger partial charge in [-0.25, -0.2) is 13.1 Å². The van der Waals surface area contributed by atoms with Gasteiger partial charge in [0.25, 0.3) is 5.91 Å². The SMILES string of the molecule is CCNS(=O)(=O)c1ccc(C)c(C(=O)N2CC(OC)(c3ccccc3)C2)c1. The summed E-state index contributed by atoms with van der Waals surface area (Å²) in [5.74, 6) is -0.190. The van der Waals surface area contributed by atoms with Crippen LogP contribution in [0.2, 0.25) is 0 Å². The van der Waals surface area contributed by atoms with Crippen LogP contribution in [-0.2, 0) is 20.4 Å². The van der Waals surface area contributed by atoms with E-state index in [0.29, 0.717) is 25.2 Å². The molecular weight excluding hydrogens is 364 g/mol. The minimum absolute atomic E-state index is 0.0971. The highest BCUT2D eigenvalue weighted by atomic mass is 32.2. The van der Waals surface area contributed by atoms with Gasteiger partial charge >= 0.3 is 0 Å². The molecule has 2 aromatic carbocycles. The fraction of sp³-hybridized carbons (Fsp3) is 0.350. The lowest BCUT2D eigenvalue weighted by molar-refractivity contribution is -0.114. The Morgan fingerprint density at radius 2 is 1.85 bits per heavy atom. The van der Waals surface area contributed by atoms with Gasteiger partial charge in [-0.15, -0.1) is 0 Å². The van der Waals surface area contributed by atoms with Crippen LogP contribution in [0.4, 0.5) is 0 Å². The zero-order chi connectivity index (χ0) is 19.7. The molecule has 1 saturated heterocycles. The fourth-order valence-electron chi connectivity index (χ4n) is 3.33. The number of nitrogens with zero attached hydrogens (tertiary/aromatic N) is 1. The van der Waals surface area contributed by atoms with Crippen LogP contribution in [-0.4, -0.2) is 46.0 Å². The molecule has 1 amide bonds. The molecule has 2 aromatic rings. The van der Waals surface area contributed by atoms with Gasteiger partial charge in [-0.3, -0.25) is 4.79 Å². The topological polar surface area (TPSA) is 75.7 Å². The molecule has 1 aliphatic rings. The molecule has 0 aliphatic carbocycles. The maximum Gasteiger partial charge on any atom is 0.254 e. The molecule has 0 radical (unpaired) electrons. The second-order valence-electron chi connectivity index (χ2n) is 6.70. The van der Waals surface area contributed by atoms with E-state index in [-0.39, 0.29) is 10.8 Å². The highest BCUT2D eigenvalue weighted by Crippen LogP contribution is 2.36. The summed E-state index contributed by atoms with van der Waals surface area (Å²) in [6.07, 6.45) is 0. The Balaban J connectivity index is 1.84. The number of ether oxygens (including phenoxy) is 1. The number of rotatable bonds is 6. The highest BCUT2D eigenvalue weighted by Gasteiger charge is 2.47. The zero-order valence-electron chi connectivity index (χ0n) is 15.7. The van der Waals surface area contributed by atoms with Crippen molar-refractivity contribution < 1.29 is 17.9 Å². The van der Waals surface area contributed by atoms with E-state index in [1.54, 1.807) is 31.9 Å². The summed E-state index contributed by atoms with van der Waals surface area (Å²) in [6.45, 7) is 4.66. The van der Waals surface area contributed by atoms with Crippen LogP contribution in [0.5, 0.6) is 0 Å². The van der Waals surface area contributed by atoms with Crippen molar-refractivity contribution in [2.75, 3.05) is 26.7 Å². The van der Waals surface area contributed by atoms with E-state index >= 15 is 0 Å². The van der Waals surface area contributed by atoms with Gasteiger partial charge in [0.1, 0.15) is 5.60 Å². The van der Waals surface area contributed by atoms with Crippen LogP contribution in [0.3, 0.4) is 0 Å². The number of carbonyl (C=O) groups is 1. The normalized spacial score (nSPS) is 16.0. The van der Waals surface area contributed by atoms with Crippen molar-refractivity contribution in [1.82, 2.24) is 9.62 Å². The van der Waals surface area contributed by atoms with Gasteiger partial charge in [0, 0.05) is 19.2 Å². The summed E-state index contributed by atoms with van der Waals surface area (Å²) in [4.78, 5) is 14.8. The Morgan fingerprint density at radius 1 is 1.19 bits per heavy atom. The first-order chi connectivity index (χ1) is 12.8. The first kappa shape index (κ1) is 19.5. The summed E-state index contributed by atoms with van der Waals surface area (Å²) in [5.41, 5.74) is 1.65. The molecule has 1 fully saturated rings. The van der Waals surface area contributed by atoms with Crippen molar-refractivity contribution in [2.45, 2.75) is 24.3 Å². The molecule has 0 bridgehead atoms. The monoisotopic (exact) mass is 388 g/mol. The maximum absolute atomic E-state index is 13.0. The third kappa shape index (κ3) is 3.63. The van der Waals surface area contributed by atoms with Gasteiger partial charge in [-0.2, -0.15) is 0 Å². The van der Waals surface area contributed by atoms with Gasteiger partial charge < -0.3 is 9.64 Å². The second-order valence-corrected chi connectivity index (χ2v) is 8.47. The van der Waals surface area contributed by atoms with E-state index < -0.39 is 15.6 Å². The summed E-state index contributed by atoms with van der Waals surface area (Å²) in [7, 11) is -1.97. The van der Waals surface area contributed by atoms with Crippen LogP contribution >= 0.6 is 0 Å². The number of amides is 1. The van der Waals surface area contributed by atoms with E-state index in [2.05, 4.69) is 4.72 Å². The Kier molecular flexibility index (Phi) is 5.37. The van der Waals surface area contributed by atoms with Crippen molar-refractivity contribution in [1.29, 1.82) is 0 Å². The van der Waals surface area contributed by atoms with Gasteiger partial charge in [0.05, 0.1) is 18.0 Å². The van der Waals surface area contributed by atoms with E-state index in [9.17, 15) is 13.2 Å². The molecule has 7 heteroatoms. The molecule has 0 saturated carbocycles. The standard InChI is InChI=1S/C20H24N2O4S/c1-4-21-27(24,25)17-11-10-15(2)18(12-17)19(23)22-13-20(14-22,26-3)16-8-6-5-7-9-16/h5-12,21H,4,13-14H2,1-3H3. The van der Waals surface area contributed by atoms with Crippen molar-refractivity contribution in [3.8, 4) is 0 Å². The quantitative estimate of drug-likeness (QED) is 0.824. The van der Waals surface area contributed by atoms with Crippen LogP contribution in [0, 0.1) is 6.92 Å². The predicted molar refractivity (Wildman–Crippen MR) is 103 cm³/mol. The highest BCUT2D eigenvalue weighted by molar-refractivity contribution is 7.89. The zero-order valence-corrected chi connectivity index (χ0v) is 16.5. The van der Waals surface area contributed by atoms with Crippen LogP contribution in [0.25, 0.3) is 0 Å². The minimum Gasteiger partial charge on any atom is -0.370 e. The average Bonchev–Trinajstić information content (AvgIpc) is 2.62. The van der Waals surface area contributed by atoms with E-state index in [1.165, 1.54) is 12.1 Å². The van der Waals surface area contributed by atoms with Gasteiger partial charge in [0.2, 0.25) is 10.0 Å². The van der Waals surface area contributed by atoms with Gasteiger partial charge in [-0.05, 0) is 30.2 Å². The summed E-state index contributed by atoms with van der Waals surface area (Å²) < 4.78 is 32.7.